The van der Waals surface area contributed by atoms with Crippen LogP contribution in [-0.2, 0) is 13.2 Å². The Morgan fingerprint density at radius 3 is 2.35 bits per heavy atom. The second-order valence-corrected chi connectivity index (χ2v) is 5.75. The molecule has 4 nitrogen and oxygen atoms in total. The van der Waals surface area contributed by atoms with Gasteiger partial charge in [-0.25, -0.2) is 4.68 Å². The summed E-state index contributed by atoms with van der Waals surface area (Å²) in [6.07, 6.45) is 3.41. The second-order valence-electron chi connectivity index (χ2n) is 4.93. The smallest absolute Gasteiger partial charge is 0.119 e. The first-order valence-electron chi connectivity index (χ1n) is 6.98. The number of halogens is 2. The maximum atomic E-state index is 9.07. The Balaban J connectivity index is 1.70. The fourth-order valence-electron chi connectivity index (χ4n) is 2.10. The van der Waals surface area contributed by atoms with Crippen molar-refractivity contribution in [1.29, 1.82) is 0 Å². The van der Waals surface area contributed by atoms with Gasteiger partial charge in [-0.2, -0.15) is 5.10 Å². The van der Waals surface area contributed by atoms with Gasteiger partial charge in [0.1, 0.15) is 12.4 Å². The van der Waals surface area contributed by atoms with Crippen molar-refractivity contribution in [3.8, 4) is 11.4 Å². The van der Waals surface area contributed by atoms with Crippen LogP contribution in [0.4, 0.5) is 0 Å². The van der Waals surface area contributed by atoms with Gasteiger partial charge in [0.05, 0.1) is 18.5 Å². The maximum absolute atomic E-state index is 9.07. The molecule has 0 radical (unpaired) electrons. The molecule has 0 saturated carbocycles. The summed E-state index contributed by atoms with van der Waals surface area (Å²) in [6, 6.07) is 12.8. The van der Waals surface area contributed by atoms with Crippen molar-refractivity contribution < 1.29 is 9.84 Å². The third kappa shape index (κ3) is 3.67. The van der Waals surface area contributed by atoms with Crippen LogP contribution in [0.25, 0.3) is 5.69 Å². The van der Waals surface area contributed by atoms with Crippen molar-refractivity contribution in [3.63, 3.8) is 0 Å². The van der Waals surface area contributed by atoms with Crippen LogP contribution in [0.1, 0.15) is 11.1 Å². The van der Waals surface area contributed by atoms with Crippen molar-refractivity contribution in [2.75, 3.05) is 0 Å². The minimum absolute atomic E-state index is 0.0280. The number of aliphatic hydroxyl groups is 1. The minimum Gasteiger partial charge on any atom is -0.489 e. The zero-order chi connectivity index (χ0) is 16.2. The first-order valence-corrected chi connectivity index (χ1v) is 7.73. The van der Waals surface area contributed by atoms with E-state index in [-0.39, 0.29) is 6.61 Å². The third-order valence-corrected chi connectivity index (χ3v) is 4.07. The van der Waals surface area contributed by atoms with Crippen LogP contribution >= 0.6 is 23.2 Å². The average molecular weight is 349 g/mol. The molecule has 1 N–H and O–H groups in total. The highest BCUT2D eigenvalue weighted by molar-refractivity contribution is 6.35. The van der Waals surface area contributed by atoms with E-state index in [1.807, 2.05) is 24.3 Å². The average Bonchev–Trinajstić information content (AvgIpc) is 3.04. The lowest BCUT2D eigenvalue weighted by Crippen LogP contribution is -1.98. The Morgan fingerprint density at radius 1 is 1.04 bits per heavy atom. The van der Waals surface area contributed by atoms with Crippen molar-refractivity contribution in [2.24, 2.45) is 0 Å². The van der Waals surface area contributed by atoms with Crippen molar-refractivity contribution >= 4 is 23.2 Å². The number of hydrogen-bond acceptors (Lipinski definition) is 3. The van der Waals surface area contributed by atoms with E-state index in [0.717, 1.165) is 16.8 Å². The Bertz CT molecular complexity index is 780. The minimum atomic E-state index is -0.0280. The molecule has 6 heteroatoms. The fraction of sp³-hybridized carbons (Fsp3) is 0.118. The van der Waals surface area contributed by atoms with E-state index in [4.69, 9.17) is 33.0 Å². The zero-order valence-electron chi connectivity index (χ0n) is 12.1. The van der Waals surface area contributed by atoms with E-state index in [2.05, 4.69) is 5.10 Å². The number of hydrogen-bond donors (Lipinski definition) is 1. The van der Waals surface area contributed by atoms with Gasteiger partial charge >= 0.3 is 0 Å². The molecular weight excluding hydrogens is 335 g/mol. The summed E-state index contributed by atoms with van der Waals surface area (Å²) in [4.78, 5) is 0. The van der Waals surface area contributed by atoms with Crippen LogP contribution in [0.15, 0.2) is 54.9 Å². The number of aliphatic hydroxyl groups excluding tert-OH is 1. The first-order chi connectivity index (χ1) is 11.2. The summed E-state index contributed by atoms with van der Waals surface area (Å²) in [7, 11) is 0. The maximum Gasteiger partial charge on any atom is 0.119 e. The lowest BCUT2D eigenvalue weighted by atomic mass is 10.2. The van der Waals surface area contributed by atoms with Gasteiger partial charge in [-0.3, -0.25) is 0 Å². The molecule has 0 spiro atoms. The Kier molecular flexibility index (Phi) is 4.86. The number of nitrogens with zero attached hydrogens (tertiary/aromatic N) is 2. The first kappa shape index (κ1) is 15.9. The number of benzene rings is 2. The molecule has 0 saturated heterocycles. The molecule has 3 rings (SSSR count). The van der Waals surface area contributed by atoms with Gasteiger partial charge in [0.15, 0.2) is 0 Å². The van der Waals surface area contributed by atoms with Gasteiger partial charge < -0.3 is 9.84 Å². The molecule has 118 valence electrons. The van der Waals surface area contributed by atoms with E-state index in [9.17, 15) is 0 Å². The highest BCUT2D eigenvalue weighted by Gasteiger charge is 2.07. The summed E-state index contributed by atoms with van der Waals surface area (Å²) in [5.41, 5.74) is 2.41. The lowest BCUT2D eigenvalue weighted by Gasteiger charge is -2.10. The second kappa shape index (κ2) is 7.04. The highest BCUT2D eigenvalue weighted by atomic mass is 35.5. The summed E-state index contributed by atoms with van der Waals surface area (Å²) in [5.74, 6) is 0.708. The molecule has 0 aliphatic carbocycles. The quantitative estimate of drug-likeness (QED) is 0.749. The Morgan fingerprint density at radius 2 is 1.74 bits per heavy atom. The van der Waals surface area contributed by atoms with E-state index >= 15 is 0 Å². The summed E-state index contributed by atoms with van der Waals surface area (Å²) in [6.45, 7) is 0.272. The largest absolute Gasteiger partial charge is 0.489 e. The molecular formula is C17H14Cl2N2O2. The van der Waals surface area contributed by atoms with Crippen LogP contribution in [0, 0.1) is 0 Å². The molecule has 0 aliphatic rings. The van der Waals surface area contributed by atoms with Crippen molar-refractivity contribution in [3.05, 3.63) is 76.0 Å². The lowest BCUT2D eigenvalue weighted by molar-refractivity contribution is 0.282. The summed E-state index contributed by atoms with van der Waals surface area (Å²) >= 11 is 12.2. The molecule has 2 aromatic carbocycles. The monoisotopic (exact) mass is 348 g/mol. The molecule has 0 fully saturated rings. The van der Waals surface area contributed by atoms with Crippen LogP contribution in [0.3, 0.4) is 0 Å². The third-order valence-electron chi connectivity index (χ3n) is 3.36. The molecule has 0 bridgehead atoms. The van der Waals surface area contributed by atoms with Gasteiger partial charge in [-0.1, -0.05) is 29.3 Å². The number of ether oxygens (including phenoxy) is 1. The van der Waals surface area contributed by atoms with Gasteiger partial charge in [-0.15, -0.1) is 0 Å². The molecule has 0 aliphatic heterocycles. The normalized spacial score (nSPS) is 10.7. The van der Waals surface area contributed by atoms with E-state index in [1.165, 1.54) is 0 Å². The molecule has 0 atom stereocenters. The van der Waals surface area contributed by atoms with Gasteiger partial charge in [-0.05, 0) is 36.4 Å². The van der Waals surface area contributed by atoms with E-state index < -0.39 is 0 Å². The molecule has 23 heavy (non-hydrogen) atoms. The van der Waals surface area contributed by atoms with Crippen molar-refractivity contribution in [2.45, 2.75) is 13.2 Å². The highest BCUT2D eigenvalue weighted by Crippen LogP contribution is 2.26. The van der Waals surface area contributed by atoms with Crippen LogP contribution in [-0.4, -0.2) is 14.9 Å². The van der Waals surface area contributed by atoms with Gasteiger partial charge in [0, 0.05) is 27.4 Å². The predicted octanol–water partition coefficient (Wildman–Crippen LogP) is 4.25. The van der Waals surface area contributed by atoms with E-state index in [0.29, 0.717) is 22.4 Å². The van der Waals surface area contributed by atoms with Crippen molar-refractivity contribution in [1.82, 2.24) is 9.78 Å². The Hall–Kier alpha value is -2.01. The topological polar surface area (TPSA) is 47.3 Å². The molecule has 0 amide bonds. The molecule has 1 aromatic heterocycles. The molecule has 0 unspecified atom stereocenters. The van der Waals surface area contributed by atoms with Gasteiger partial charge in [0.25, 0.3) is 0 Å². The van der Waals surface area contributed by atoms with Crippen LogP contribution in [0.5, 0.6) is 5.75 Å². The molecule has 3 aromatic rings. The van der Waals surface area contributed by atoms with Crippen LogP contribution in [0.2, 0.25) is 10.0 Å². The summed E-state index contributed by atoms with van der Waals surface area (Å²) in [5, 5.41) is 14.4. The fourth-order valence-corrected chi connectivity index (χ4v) is 2.61. The van der Waals surface area contributed by atoms with Gasteiger partial charge in [0.2, 0.25) is 0 Å². The zero-order valence-corrected chi connectivity index (χ0v) is 13.6. The molecule has 1 heterocycles. The van der Waals surface area contributed by atoms with Crippen LogP contribution < -0.4 is 4.74 Å². The number of rotatable bonds is 5. The standard InChI is InChI=1S/C17H14Cl2N2O2/c18-16-2-1-3-17(19)15(16)11-23-14-6-4-13(5-7-14)21-9-12(10-22)8-20-21/h1-9,22H,10-11H2. The SMILES string of the molecule is OCc1cnn(-c2ccc(OCc3c(Cl)cccc3Cl)cc2)c1. The Labute approximate surface area is 143 Å². The number of aromatic nitrogens is 2. The summed E-state index contributed by atoms with van der Waals surface area (Å²) < 4.78 is 7.43. The predicted molar refractivity (Wildman–Crippen MR) is 90.3 cm³/mol. The van der Waals surface area contributed by atoms with E-state index in [1.54, 1.807) is 35.3 Å².